The number of benzene rings is 1. The summed E-state index contributed by atoms with van der Waals surface area (Å²) in [5.41, 5.74) is 1.84. The van der Waals surface area contributed by atoms with Gasteiger partial charge in [0.15, 0.2) is 0 Å². The minimum absolute atomic E-state index is 0.421. The fourth-order valence-electron chi connectivity index (χ4n) is 3.13. The van der Waals surface area contributed by atoms with Crippen molar-refractivity contribution in [2.24, 2.45) is 5.41 Å². The van der Waals surface area contributed by atoms with Crippen molar-refractivity contribution in [2.75, 3.05) is 19.6 Å². The minimum Gasteiger partial charge on any atom is -0.307 e. The smallest absolute Gasteiger partial charge is 0.0449 e. The average molecular weight is 288 g/mol. The second-order valence-electron chi connectivity index (χ2n) is 7.62. The summed E-state index contributed by atoms with van der Waals surface area (Å²) < 4.78 is 0. The van der Waals surface area contributed by atoms with E-state index in [-0.39, 0.29) is 0 Å². The summed E-state index contributed by atoms with van der Waals surface area (Å²) in [7, 11) is 0. The number of piperazine rings is 1. The highest BCUT2D eigenvalue weighted by Gasteiger charge is 2.28. The van der Waals surface area contributed by atoms with Crippen LogP contribution in [0.25, 0.3) is 0 Å². The number of nitrogens with zero attached hydrogens (tertiary/aromatic N) is 1. The van der Waals surface area contributed by atoms with Gasteiger partial charge < -0.3 is 5.32 Å². The van der Waals surface area contributed by atoms with E-state index < -0.39 is 0 Å². The van der Waals surface area contributed by atoms with Crippen LogP contribution in [0.3, 0.4) is 0 Å². The predicted octanol–water partition coefficient (Wildman–Crippen LogP) is 4.24. The molecule has 0 bridgehead atoms. The maximum absolute atomic E-state index is 3.76. The molecule has 2 heteroatoms. The zero-order valence-corrected chi connectivity index (χ0v) is 14.2. The molecule has 0 aromatic heterocycles. The highest BCUT2D eigenvalue weighted by molar-refractivity contribution is 5.20. The van der Waals surface area contributed by atoms with Gasteiger partial charge in [-0.1, -0.05) is 64.4 Å². The third kappa shape index (κ3) is 5.12. The molecule has 1 N–H and O–H groups in total. The highest BCUT2D eigenvalue weighted by atomic mass is 15.2. The maximum Gasteiger partial charge on any atom is 0.0449 e. The number of nitrogens with one attached hydrogen (secondary N) is 1. The molecule has 2 unspecified atom stereocenters. The Morgan fingerprint density at radius 3 is 2.52 bits per heavy atom. The lowest BCUT2D eigenvalue weighted by Gasteiger charge is -2.41. The Kier molecular flexibility index (Phi) is 5.83. The van der Waals surface area contributed by atoms with E-state index in [9.17, 15) is 0 Å². The van der Waals surface area contributed by atoms with Gasteiger partial charge >= 0.3 is 0 Å². The van der Waals surface area contributed by atoms with Crippen LogP contribution in [0.15, 0.2) is 30.3 Å². The number of hydrogen-bond acceptors (Lipinski definition) is 2. The van der Waals surface area contributed by atoms with Gasteiger partial charge in [-0.05, 0) is 30.4 Å². The first-order valence-corrected chi connectivity index (χ1v) is 8.52. The molecular weight excluding hydrogens is 256 g/mol. The molecule has 118 valence electrons. The van der Waals surface area contributed by atoms with Gasteiger partial charge in [0.1, 0.15) is 0 Å². The topological polar surface area (TPSA) is 15.3 Å². The largest absolute Gasteiger partial charge is 0.307 e. The molecule has 2 nitrogen and oxygen atoms in total. The molecule has 0 saturated carbocycles. The van der Waals surface area contributed by atoms with Crippen LogP contribution in [0, 0.1) is 5.41 Å². The molecule has 1 aromatic rings. The van der Waals surface area contributed by atoms with Gasteiger partial charge in [-0.25, -0.2) is 0 Å². The molecule has 0 radical (unpaired) electrons. The van der Waals surface area contributed by atoms with E-state index in [1.807, 2.05) is 0 Å². The summed E-state index contributed by atoms with van der Waals surface area (Å²) >= 11 is 0. The fourth-order valence-corrected chi connectivity index (χ4v) is 3.13. The zero-order valence-electron chi connectivity index (χ0n) is 14.2. The molecule has 1 fully saturated rings. The summed E-state index contributed by atoms with van der Waals surface area (Å²) in [6.07, 6.45) is 3.85. The van der Waals surface area contributed by atoms with Gasteiger partial charge in [-0.15, -0.1) is 0 Å². The molecule has 1 saturated heterocycles. The lowest BCUT2D eigenvalue weighted by Crippen LogP contribution is -2.53. The summed E-state index contributed by atoms with van der Waals surface area (Å²) in [5, 5.41) is 3.76. The predicted molar refractivity (Wildman–Crippen MR) is 91.5 cm³/mol. The van der Waals surface area contributed by atoms with E-state index in [1.54, 1.807) is 0 Å². The first-order chi connectivity index (χ1) is 9.99. The van der Waals surface area contributed by atoms with E-state index in [0.717, 1.165) is 13.1 Å². The third-order valence-corrected chi connectivity index (χ3v) is 4.51. The van der Waals surface area contributed by atoms with Crippen molar-refractivity contribution < 1.29 is 0 Å². The van der Waals surface area contributed by atoms with Gasteiger partial charge in [0.05, 0.1) is 0 Å². The van der Waals surface area contributed by atoms with Crippen LogP contribution in [0.2, 0.25) is 0 Å². The Labute approximate surface area is 130 Å². The monoisotopic (exact) mass is 288 g/mol. The molecule has 1 aliphatic rings. The Hall–Kier alpha value is -0.860. The van der Waals surface area contributed by atoms with Gasteiger partial charge in [0.2, 0.25) is 0 Å². The highest BCUT2D eigenvalue weighted by Crippen LogP contribution is 2.25. The molecule has 1 aliphatic heterocycles. The van der Waals surface area contributed by atoms with Crippen LogP contribution < -0.4 is 5.32 Å². The zero-order chi connectivity index (χ0) is 15.3. The van der Waals surface area contributed by atoms with Crippen LogP contribution in [-0.4, -0.2) is 30.6 Å². The van der Waals surface area contributed by atoms with Gasteiger partial charge in [-0.2, -0.15) is 0 Å². The first kappa shape index (κ1) is 16.5. The van der Waals surface area contributed by atoms with E-state index >= 15 is 0 Å². The second-order valence-corrected chi connectivity index (χ2v) is 7.62. The van der Waals surface area contributed by atoms with E-state index in [1.165, 1.54) is 31.4 Å². The summed E-state index contributed by atoms with van der Waals surface area (Å²) in [6.45, 7) is 12.8. The van der Waals surface area contributed by atoms with Crippen molar-refractivity contribution in [3.63, 3.8) is 0 Å². The van der Waals surface area contributed by atoms with Crippen molar-refractivity contribution in [3.05, 3.63) is 35.9 Å². The maximum atomic E-state index is 3.76. The Morgan fingerprint density at radius 2 is 1.90 bits per heavy atom. The van der Waals surface area contributed by atoms with Crippen LogP contribution in [0.5, 0.6) is 0 Å². The molecule has 0 aliphatic carbocycles. The lowest BCUT2D eigenvalue weighted by atomic mass is 9.91. The van der Waals surface area contributed by atoms with Gasteiger partial charge in [0, 0.05) is 25.2 Å². The lowest BCUT2D eigenvalue weighted by molar-refractivity contribution is 0.108. The standard InChI is InChI=1S/C19H32N2/c1-5-9-17-14-20-18(16-10-7-6-8-11-16)15-21(17)13-12-19(2,3)4/h6-8,10-11,17-18,20H,5,9,12-15H2,1-4H3. The molecule has 1 aromatic carbocycles. The summed E-state index contributed by atoms with van der Waals surface area (Å²) in [6, 6.07) is 12.1. The average Bonchev–Trinajstić information content (AvgIpc) is 2.46. The van der Waals surface area contributed by atoms with Crippen LogP contribution in [-0.2, 0) is 0 Å². The summed E-state index contributed by atoms with van der Waals surface area (Å²) in [4.78, 5) is 2.73. The first-order valence-electron chi connectivity index (χ1n) is 8.52. The normalized spacial score (nSPS) is 24.2. The fraction of sp³-hybridized carbons (Fsp3) is 0.684. The summed E-state index contributed by atoms with van der Waals surface area (Å²) in [5.74, 6) is 0. The van der Waals surface area contributed by atoms with Crippen molar-refractivity contribution >= 4 is 0 Å². The van der Waals surface area contributed by atoms with E-state index in [2.05, 4.69) is 68.2 Å². The van der Waals surface area contributed by atoms with E-state index in [4.69, 9.17) is 0 Å². The van der Waals surface area contributed by atoms with Gasteiger partial charge in [-0.3, -0.25) is 4.90 Å². The van der Waals surface area contributed by atoms with Gasteiger partial charge in [0.25, 0.3) is 0 Å². The van der Waals surface area contributed by atoms with Crippen molar-refractivity contribution in [2.45, 2.75) is 59.0 Å². The number of rotatable bonds is 5. The third-order valence-electron chi connectivity index (χ3n) is 4.51. The second kappa shape index (κ2) is 7.42. The molecular formula is C19H32N2. The SMILES string of the molecule is CCCC1CNC(c2ccccc2)CN1CCC(C)(C)C. The molecule has 1 heterocycles. The Morgan fingerprint density at radius 1 is 1.19 bits per heavy atom. The molecule has 0 amide bonds. The molecule has 0 spiro atoms. The van der Waals surface area contributed by atoms with Crippen LogP contribution >= 0.6 is 0 Å². The molecule has 2 rings (SSSR count). The Balaban J connectivity index is 2.01. The van der Waals surface area contributed by atoms with Crippen LogP contribution in [0.1, 0.15) is 58.6 Å². The number of hydrogen-bond donors (Lipinski definition) is 1. The Bertz CT molecular complexity index is 407. The molecule has 2 atom stereocenters. The van der Waals surface area contributed by atoms with Crippen molar-refractivity contribution in [1.82, 2.24) is 10.2 Å². The van der Waals surface area contributed by atoms with Crippen molar-refractivity contribution in [3.8, 4) is 0 Å². The molecule has 21 heavy (non-hydrogen) atoms. The quantitative estimate of drug-likeness (QED) is 0.872. The van der Waals surface area contributed by atoms with Crippen LogP contribution in [0.4, 0.5) is 0 Å². The minimum atomic E-state index is 0.421. The van der Waals surface area contributed by atoms with Crippen molar-refractivity contribution in [1.29, 1.82) is 0 Å². The van der Waals surface area contributed by atoms with E-state index in [0.29, 0.717) is 17.5 Å².